The molecule has 0 aliphatic heterocycles. The van der Waals surface area contributed by atoms with Crippen molar-refractivity contribution in [1.29, 1.82) is 0 Å². The lowest BCUT2D eigenvalue weighted by Crippen LogP contribution is -2.07. The Kier molecular flexibility index (Phi) is 6.56. The molecule has 4 nitrogen and oxygen atoms in total. The van der Waals surface area contributed by atoms with Crippen LogP contribution in [0.25, 0.3) is 11.1 Å². The Morgan fingerprint density at radius 1 is 1.03 bits per heavy atom. The minimum Gasteiger partial charge on any atom is -0.488 e. The van der Waals surface area contributed by atoms with Crippen molar-refractivity contribution in [3.63, 3.8) is 0 Å². The molecule has 2 aromatic carbocycles. The molecular weight excluding hydrogens is 499 g/mol. The number of aromatic carboxylic acids is 1. The number of hydrogen-bond donors (Lipinski definition) is 1. The summed E-state index contributed by atoms with van der Waals surface area (Å²) in [5.41, 5.74) is 2.22. The van der Waals surface area contributed by atoms with Crippen molar-refractivity contribution in [2.24, 2.45) is 0 Å². The summed E-state index contributed by atoms with van der Waals surface area (Å²) in [4.78, 5) is 15.6. The van der Waals surface area contributed by atoms with Crippen molar-refractivity contribution < 1.29 is 27.8 Å². The number of aromatic nitrogens is 1. The standard InChI is InChI=1S/C25H19BrF3NO3/c26-20-8-2-1-5-15(20)14-33-23-12-11-16(25(27,28)29)13-19(23)17-6-3-7-18(17)21-9-4-10-22(30-21)24(31)32/h1-2,4-5,8-13H,3,6-7,14H2,(H,31,32). The highest BCUT2D eigenvalue weighted by molar-refractivity contribution is 9.10. The fraction of sp³-hybridized carbons (Fsp3) is 0.200. The van der Waals surface area contributed by atoms with E-state index >= 15 is 0 Å². The van der Waals surface area contributed by atoms with E-state index in [1.807, 2.05) is 24.3 Å². The number of pyridine rings is 1. The van der Waals surface area contributed by atoms with E-state index in [0.29, 0.717) is 35.4 Å². The molecule has 1 aromatic heterocycles. The molecule has 0 fully saturated rings. The number of halogens is 4. The second kappa shape index (κ2) is 9.39. The van der Waals surface area contributed by atoms with E-state index in [-0.39, 0.29) is 12.3 Å². The number of ether oxygens (including phenoxy) is 1. The maximum Gasteiger partial charge on any atom is 0.416 e. The molecule has 170 valence electrons. The zero-order valence-electron chi connectivity index (χ0n) is 17.3. The van der Waals surface area contributed by atoms with Crippen LogP contribution in [0.4, 0.5) is 13.2 Å². The van der Waals surface area contributed by atoms with Gasteiger partial charge >= 0.3 is 12.1 Å². The van der Waals surface area contributed by atoms with Gasteiger partial charge in [0.05, 0.1) is 11.3 Å². The minimum atomic E-state index is -4.50. The maximum absolute atomic E-state index is 13.5. The molecule has 0 atom stereocenters. The van der Waals surface area contributed by atoms with Crippen molar-refractivity contribution >= 4 is 33.0 Å². The Morgan fingerprint density at radius 2 is 1.79 bits per heavy atom. The van der Waals surface area contributed by atoms with Gasteiger partial charge in [0.2, 0.25) is 0 Å². The molecule has 0 saturated heterocycles. The van der Waals surface area contributed by atoms with Gasteiger partial charge in [-0.2, -0.15) is 13.2 Å². The number of rotatable bonds is 6. The molecule has 0 amide bonds. The lowest BCUT2D eigenvalue weighted by molar-refractivity contribution is -0.137. The van der Waals surface area contributed by atoms with E-state index in [1.54, 1.807) is 12.1 Å². The lowest BCUT2D eigenvalue weighted by Gasteiger charge is -2.17. The van der Waals surface area contributed by atoms with Gasteiger partial charge in [-0.25, -0.2) is 9.78 Å². The summed E-state index contributed by atoms with van der Waals surface area (Å²) in [6.07, 6.45) is -2.65. The highest BCUT2D eigenvalue weighted by Crippen LogP contribution is 2.44. The molecule has 0 unspecified atom stereocenters. The predicted octanol–water partition coefficient (Wildman–Crippen LogP) is 7.23. The van der Waals surface area contributed by atoms with Crippen molar-refractivity contribution in [3.8, 4) is 5.75 Å². The third-order valence-corrected chi connectivity index (χ3v) is 6.24. The van der Waals surface area contributed by atoms with E-state index in [0.717, 1.165) is 34.2 Å². The van der Waals surface area contributed by atoms with Crippen LogP contribution in [0.3, 0.4) is 0 Å². The summed E-state index contributed by atoms with van der Waals surface area (Å²) in [5, 5.41) is 9.28. The summed E-state index contributed by atoms with van der Waals surface area (Å²) >= 11 is 3.46. The van der Waals surface area contributed by atoms with E-state index in [9.17, 15) is 23.1 Å². The van der Waals surface area contributed by atoms with Gasteiger partial charge in [-0.1, -0.05) is 40.2 Å². The maximum atomic E-state index is 13.5. The fourth-order valence-corrected chi connectivity index (χ4v) is 4.28. The van der Waals surface area contributed by atoms with Gasteiger partial charge in [-0.15, -0.1) is 0 Å². The van der Waals surface area contributed by atoms with Gasteiger partial charge in [0, 0.05) is 15.6 Å². The number of benzene rings is 2. The normalized spacial score (nSPS) is 13.9. The first-order valence-electron chi connectivity index (χ1n) is 10.2. The molecular formula is C25H19BrF3NO3. The van der Waals surface area contributed by atoms with Crippen LogP contribution >= 0.6 is 15.9 Å². The Hall–Kier alpha value is -3.13. The molecule has 1 aliphatic carbocycles. The second-order valence-corrected chi connectivity index (χ2v) is 8.47. The summed E-state index contributed by atoms with van der Waals surface area (Å²) in [6.45, 7) is 0.176. The Bertz CT molecular complexity index is 1240. The summed E-state index contributed by atoms with van der Waals surface area (Å²) in [6, 6.07) is 15.6. The average Bonchev–Trinajstić information content (AvgIpc) is 3.28. The summed E-state index contributed by atoms with van der Waals surface area (Å²) < 4.78 is 47.4. The predicted molar refractivity (Wildman–Crippen MR) is 122 cm³/mol. The number of hydrogen-bond acceptors (Lipinski definition) is 3. The molecule has 8 heteroatoms. The highest BCUT2D eigenvalue weighted by Gasteiger charge is 2.32. The van der Waals surface area contributed by atoms with Crippen molar-refractivity contribution in [1.82, 2.24) is 4.98 Å². The quantitative estimate of drug-likeness (QED) is 0.374. The SMILES string of the molecule is O=C(O)c1cccc(C2=C(c3cc(C(F)(F)F)ccc3OCc3ccccc3Br)CCC2)n1. The lowest BCUT2D eigenvalue weighted by atomic mass is 9.97. The van der Waals surface area contributed by atoms with Gasteiger partial charge < -0.3 is 9.84 Å². The summed E-state index contributed by atoms with van der Waals surface area (Å²) in [5.74, 6) is -0.823. The van der Waals surface area contributed by atoms with Gasteiger partial charge in [-0.3, -0.25) is 0 Å². The average molecular weight is 518 g/mol. The number of carboxylic acids is 1. The number of carboxylic acid groups (broad SMARTS) is 1. The van der Waals surface area contributed by atoms with Gasteiger partial charge in [0.1, 0.15) is 18.1 Å². The number of allylic oxidation sites excluding steroid dienone is 2. The summed E-state index contributed by atoms with van der Waals surface area (Å²) in [7, 11) is 0. The molecule has 33 heavy (non-hydrogen) atoms. The molecule has 0 radical (unpaired) electrons. The van der Waals surface area contributed by atoms with Crippen LogP contribution in [0, 0.1) is 0 Å². The molecule has 1 heterocycles. The van der Waals surface area contributed by atoms with Gasteiger partial charge in [0.15, 0.2) is 0 Å². The monoisotopic (exact) mass is 517 g/mol. The zero-order chi connectivity index (χ0) is 23.6. The number of alkyl halides is 3. The van der Waals surface area contributed by atoms with Crippen molar-refractivity contribution in [2.45, 2.75) is 32.0 Å². The number of carbonyl (C=O) groups is 1. The Morgan fingerprint density at radius 3 is 2.52 bits per heavy atom. The molecule has 4 rings (SSSR count). The van der Waals surface area contributed by atoms with Crippen LogP contribution in [-0.2, 0) is 12.8 Å². The first kappa shape index (κ1) is 23.0. The first-order valence-corrected chi connectivity index (χ1v) is 11.0. The van der Waals surface area contributed by atoms with Crippen LogP contribution in [0.5, 0.6) is 5.75 Å². The molecule has 0 bridgehead atoms. The highest BCUT2D eigenvalue weighted by atomic mass is 79.9. The van der Waals surface area contributed by atoms with Crippen LogP contribution in [0.2, 0.25) is 0 Å². The molecule has 1 N–H and O–H groups in total. The van der Waals surface area contributed by atoms with Crippen LogP contribution < -0.4 is 4.74 Å². The largest absolute Gasteiger partial charge is 0.488 e. The van der Waals surface area contributed by atoms with Gasteiger partial charge in [0.25, 0.3) is 0 Å². The van der Waals surface area contributed by atoms with Crippen molar-refractivity contribution in [3.05, 3.63) is 93.2 Å². The third kappa shape index (κ3) is 5.11. The molecule has 0 saturated carbocycles. The molecule has 3 aromatic rings. The van der Waals surface area contributed by atoms with E-state index in [1.165, 1.54) is 12.1 Å². The Labute approximate surface area is 196 Å². The molecule has 1 aliphatic rings. The van der Waals surface area contributed by atoms with Crippen LogP contribution in [-0.4, -0.2) is 16.1 Å². The van der Waals surface area contributed by atoms with E-state index in [2.05, 4.69) is 20.9 Å². The minimum absolute atomic E-state index is 0.110. The van der Waals surface area contributed by atoms with E-state index < -0.39 is 17.7 Å². The van der Waals surface area contributed by atoms with Gasteiger partial charge in [-0.05, 0) is 66.8 Å². The fourth-order valence-electron chi connectivity index (χ4n) is 3.88. The van der Waals surface area contributed by atoms with E-state index in [4.69, 9.17) is 4.74 Å². The van der Waals surface area contributed by atoms with Crippen LogP contribution in [0.15, 0.2) is 65.1 Å². The van der Waals surface area contributed by atoms with Crippen LogP contribution in [0.1, 0.15) is 52.1 Å². The second-order valence-electron chi connectivity index (χ2n) is 7.61. The smallest absolute Gasteiger partial charge is 0.416 e. The Balaban J connectivity index is 1.79. The number of nitrogens with zero attached hydrogens (tertiary/aromatic N) is 1. The third-order valence-electron chi connectivity index (χ3n) is 5.47. The topological polar surface area (TPSA) is 59.4 Å². The first-order chi connectivity index (χ1) is 15.7. The molecule has 0 spiro atoms. The van der Waals surface area contributed by atoms with Crippen molar-refractivity contribution in [2.75, 3.05) is 0 Å². The zero-order valence-corrected chi connectivity index (χ0v) is 18.9.